The van der Waals surface area contributed by atoms with Crippen molar-refractivity contribution < 1.29 is 14.6 Å². The van der Waals surface area contributed by atoms with Crippen LogP contribution >= 0.6 is 7.37 Å². The summed E-state index contributed by atoms with van der Waals surface area (Å²) in [6, 6.07) is 0. The summed E-state index contributed by atoms with van der Waals surface area (Å²) in [4.78, 5) is 12.3. The molecule has 0 heterocycles. The average Bonchev–Trinajstić information content (AvgIpc) is 2.27. The zero-order valence-corrected chi connectivity index (χ0v) is 11.3. The molecule has 96 valence electrons. The SMILES string of the molecule is CCCCC(C)(O)P(=O)([O-])C1CCCCC1. The highest BCUT2D eigenvalue weighted by Gasteiger charge is 2.38. The maximum Gasteiger partial charge on any atom is 0.102 e. The Morgan fingerprint density at radius 2 is 1.94 bits per heavy atom. The van der Waals surface area contributed by atoms with Gasteiger partial charge in [-0.05, 0) is 26.2 Å². The van der Waals surface area contributed by atoms with E-state index in [2.05, 4.69) is 0 Å². The fraction of sp³-hybridized carbons (Fsp3) is 1.00. The van der Waals surface area contributed by atoms with E-state index >= 15 is 0 Å². The van der Waals surface area contributed by atoms with Crippen LogP contribution in [0.4, 0.5) is 0 Å². The standard InChI is InChI=1S/C12H25O3P/c1-3-4-10-12(2,13)16(14,15)11-8-6-5-7-9-11/h11,13H,3-10H2,1-2H3,(H,14,15)/p-1. The summed E-state index contributed by atoms with van der Waals surface area (Å²) >= 11 is 0. The van der Waals surface area contributed by atoms with Gasteiger partial charge in [0, 0.05) is 13.0 Å². The summed E-state index contributed by atoms with van der Waals surface area (Å²) < 4.78 is 12.3. The van der Waals surface area contributed by atoms with Crippen LogP contribution in [0.3, 0.4) is 0 Å². The summed E-state index contributed by atoms with van der Waals surface area (Å²) in [6.45, 7) is 3.48. The van der Waals surface area contributed by atoms with E-state index in [0.717, 1.165) is 44.9 Å². The number of rotatable bonds is 5. The molecule has 4 heteroatoms. The molecule has 0 aromatic heterocycles. The van der Waals surface area contributed by atoms with Gasteiger partial charge in [-0.25, -0.2) is 0 Å². The van der Waals surface area contributed by atoms with Crippen molar-refractivity contribution in [3.63, 3.8) is 0 Å². The summed E-state index contributed by atoms with van der Waals surface area (Å²) in [6.07, 6.45) is 6.65. The Morgan fingerprint density at radius 1 is 1.38 bits per heavy atom. The molecule has 0 spiro atoms. The van der Waals surface area contributed by atoms with E-state index in [1.165, 1.54) is 6.92 Å². The van der Waals surface area contributed by atoms with Crippen LogP contribution in [0.1, 0.15) is 65.2 Å². The predicted octanol–water partition coefficient (Wildman–Crippen LogP) is 2.86. The molecule has 0 radical (unpaired) electrons. The molecule has 0 aromatic carbocycles. The lowest BCUT2D eigenvalue weighted by molar-refractivity contribution is -0.193. The van der Waals surface area contributed by atoms with Crippen LogP contribution in [0, 0.1) is 0 Å². The van der Waals surface area contributed by atoms with Gasteiger partial charge >= 0.3 is 0 Å². The third kappa shape index (κ3) is 3.09. The molecule has 1 aliphatic carbocycles. The second-order valence-electron chi connectivity index (χ2n) is 5.21. The molecular formula is C12H24O3P-. The zero-order valence-electron chi connectivity index (χ0n) is 10.4. The van der Waals surface area contributed by atoms with Crippen molar-refractivity contribution in [1.29, 1.82) is 0 Å². The van der Waals surface area contributed by atoms with E-state index in [9.17, 15) is 14.6 Å². The Bertz CT molecular complexity index is 257. The topological polar surface area (TPSA) is 60.4 Å². The number of unbranched alkanes of at least 4 members (excludes halogenated alkanes) is 1. The zero-order chi connectivity index (χ0) is 12.2. The van der Waals surface area contributed by atoms with E-state index in [4.69, 9.17) is 0 Å². The van der Waals surface area contributed by atoms with E-state index in [-0.39, 0.29) is 5.66 Å². The molecule has 1 aliphatic rings. The molecule has 3 nitrogen and oxygen atoms in total. The van der Waals surface area contributed by atoms with Gasteiger partial charge in [0.25, 0.3) is 0 Å². The smallest absolute Gasteiger partial charge is 0.102 e. The molecule has 1 fully saturated rings. The van der Waals surface area contributed by atoms with Crippen molar-refractivity contribution in [3.05, 3.63) is 0 Å². The van der Waals surface area contributed by atoms with Gasteiger partial charge in [-0.1, -0.05) is 39.0 Å². The Labute approximate surface area is 98.7 Å². The number of hydrogen-bond donors (Lipinski definition) is 1. The maximum atomic E-state index is 12.3. The lowest BCUT2D eigenvalue weighted by Crippen LogP contribution is -2.37. The normalized spacial score (nSPS) is 26.0. The van der Waals surface area contributed by atoms with Crippen LogP contribution in [0.2, 0.25) is 0 Å². The van der Waals surface area contributed by atoms with Crippen molar-refractivity contribution in [2.24, 2.45) is 0 Å². The van der Waals surface area contributed by atoms with Crippen molar-refractivity contribution in [3.8, 4) is 0 Å². The average molecular weight is 247 g/mol. The fourth-order valence-electron chi connectivity index (χ4n) is 2.48. The van der Waals surface area contributed by atoms with Crippen molar-refractivity contribution in [2.75, 3.05) is 0 Å². The summed E-state index contributed by atoms with van der Waals surface area (Å²) in [5, 5.41) is 8.65. The molecule has 0 saturated heterocycles. The number of hydrogen-bond acceptors (Lipinski definition) is 3. The molecule has 2 unspecified atom stereocenters. The predicted molar refractivity (Wildman–Crippen MR) is 64.6 cm³/mol. The van der Waals surface area contributed by atoms with Crippen LogP contribution in [0.25, 0.3) is 0 Å². The Kier molecular flexibility index (Phi) is 5.03. The van der Waals surface area contributed by atoms with E-state index in [1.807, 2.05) is 6.92 Å². The molecule has 16 heavy (non-hydrogen) atoms. The highest BCUT2D eigenvalue weighted by molar-refractivity contribution is 7.58. The monoisotopic (exact) mass is 247 g/mol. The van der Waals surface area contributed by atoms with E-state index in [1.54, 1.807) is 0 Å². The van der Waals surface area contributed by atoms with Gasteiger partial charge in [0.15, 0.2) is 0 Å². The first-order chi connectivity index (χ1) is 7.42. The van der Waals surface area contributed by atoms with Gasteiger partial charge in [0.2, 0.25) is 0 Å². The van der Waals surface area contributed by atoms with E-state index < -0.39 is 12.7 Å². The Morgan fingerprint density at radius 3 is 2.44 bits per heavy atom. The minimum atomic E-state index is -3.70. The second-order valence-corrected chi connectivity index (χ2v) is 8.10. The Balaban J connectivity index is 2.69. The highest BCUT2D eigenvalue weighted by Crippen LogP contribution is 2.58. The molecule has 1 N–H and O–H groups in total. The van der Waals surface area contributed by atoms with Crippen LogP contribution in [0.15, 0.2) is 0 Å². The van der Waals surface area contributed by atoms with Crippen molar-refractivity contribution in [2.45, 2.75) is 76.2 Å². The molecule has 0 aliphatic heterocycles. The van der Waals surface area contributed by atoms with E-state index in [0.29, 0.717) is 6.42 Å². The van der Waals surface area contributed by atoms with Gasteiger partial charge in [0.05, 0.1) is 0 Å². The van der Waals surface area contributed by atoms with Crippen molar-refractivity contribution in [1.82, 2.24) is 0 Å². The minimum absolute atomic E-state index is 0.284. The third-order valence-electron chi connectivity index (χ3n) is 3.73. The minimum Gasteiger partial charge on any atom is -0.797 e. The van der Waals surface area contributed by atoms with Crippen LogP contribution < -0.4 is 4.89 Å². The molecule has 0 amide bonds. The molecule has 1 rings (SSSR count). The largest absolute Gasteiger partial charge is 0.797 e. The Hall–Kier alpha value is 0.150. The van der Waals surface area contributed by atoms with Gasteiger partial charge in [-0.3, -0.25) is 0 Å². The first kappa shape index (κ1) is 14.2. The van der Waals surface area contributed by atoms with Crippen molar-refractivity contribution >= 4 is 7.37 Å². The quantitative estimate of drug-likeness (QED) is 0.760. The highest BCUT2D eigenvalue weighted by atomic mass is 31.2. The molecule has 0 aromatic rings. The van der Waals surface area contributed by atoms with Crippen LogP contribution in [0.5, 0.6) is 0 Å². The molecular weight excluding hydrogens is 223 g/mol. The van der Waals surface area contributed by atoms with Gasteiger partial charge in [-0.2, -0.15) is 0 Å². The van der Waals surface area contributed by atoms with Gasteiger partial charge < -0.3 is 14.6 Å². The van der Waals surface area contributed by atoms with Gasteiger partial charge in [-0.15, -0.1) is 0 Å². The summed E-state index contributed by atoms with van der Waals surface area (Å²) in [5.41, 5.74) is -0.284. The first-order valence-electron chi connectivity index (χ1n) is 6.45. The van der Waals surface area contributed by atoms with Gasteiger partial charge in [0.1, 0.15) is 5.34 Å². The lowest BCUT2D eigenvalue weighted by atomic mass is 10.0. The third-order valence-corrected chi connectivity index (χ3v) is 6.78. The lowest BCUT2D eigenvalue weighted by Gasteiger charge is -2.45. The fourth-order valence-corrected chi connectivity index (χ4v) is 4.78. The summed E-state index contributed by atoms with van der Waals surface area (Å²) in [7, 11) is -3.70. The summed E-state index contributed by atoms with van der Waals surface area (Å²) in [5.74, 6) is 0. The van der Waals surface area contributed by atoms with Crippen LogP contribution in [-0.2, 0) is 4.57 Å². The van der Waals surface area contributed by atoms with Crippen LogP contribution in [-0.4, -0.2) is 16.1 Å². The molecule has 2 atom stereocenters. The maximum absolute atomic E-state index is 12.3. The molecule has 1 saturated carbocycles. The first-order valence-corrected chi connectivity index (χ1v) is 8.14. The second kappa shape index (κ2) is 5.66. The number of aliphatic hydroxyl groups is 1. The molecule has 0 bridgehead atoms.